The van der Waals surface area contributed by atoms with Crippen LogP contribution in [0.1, 0.15) is 45.6 Å². The minimum Gasteiger partial charge on any atom is -0.385 e. The van der Waals surface area contributed by atoms with Gasteiger partial charge in [-0.2, -0.15) is 0 Å². The first-order chi connectivity index (χ1) is 12.5. The maximum Gasteiger partial charge on any atom is 0.120 e. The Labute approximate surface area is 158 Å². The van der Waals surface area contributed by atoms with Crippen LogP contribution in [0.15, 0.2) is 52.8 Å². The molecule has 1 saturated carbocycles. The first kappa shape index (κ1) is 19.2. The zero-order valence-electron chi connectivity index (χ0n) is 16.2. The molecule has 2 aliphatic carbocycles. The van der Waals surface area contributed by atoms with Gasteiger partial charge in [0.15, 0.2) is 0 Å². The molecular weight excluding hydrogens is 336 g/mol. The number of hydrogen-bond donors (Lipinski definition) is 2. The van der Waals surface area contributed by atoms with E-state index in [9.17, 15) is 10.2 Å². The molecule has 0 amide bonds. The maximum absolute atomic E-state index is 10.9. The highest BCUT2D eigenvalue weighted by molar-refractivity contribution is 6.87. The summed E-state index contributed by atoms with van der Waals surface area (Å²) in [5.41, 5.74) is 1.87. The summed E-state index contributed by atoms with van der Waals surface area (Å²) in [5, 5.41) is 23.0. The first-order valence-electron chi connectivity index (χ1n) is 9.95. The minimum atomic E-state index is -1.79. The summed E-state index contributed by atoms with van der Waals surface area (Å²) >= 11 is 0. The summed E-state index contributed by atoms with van der Waals surface area (Å²) in [6.07, 6.45) is 3.92. The highest BCUT2D eigenvalue weighted by atomic mass is 28.3. The van der Waals surface area contributed by atoms with Gasteiger partial charge >= 0.3 is 0 Å². The van der Waals surface area contributed by atoms with Crippen molar-refractivity contribution in [1.82, 2.24) is 0 Å². The topological polar surface area (TPSA) is 40.5 Å². The van der Waals surface area contributed by atoms with Crippen LogP contribution < -0.4 is 0 Å². The highest BCUT2D eigenvalue weighted by Crippen LogP contribution is 2.52. The fraction of sp³-hybridized carbons (Fsp3) is 0.478. The first-order valence-corrected chi connectivity index (χ1v) is 12.6. The van der Waals surface area contributed by atoms with Crippen molar-refractivity contribution in [1.29, 1.82) is 0 Å². The van der Waals surface area contributed by atoms with Gasteiger partial charge in [0.05, 0.1) is 8.07 Å². The average Bonchev–Trinajstić information content (AvgIpc) is 2.69. The van der Waals surface area contributed by atoms with Gasteiger partial charge in [-0.25, -0.2) is 0 Å². The van der Waals surface area contributed by atoms with Gasteiger partial charge in [0.25, 0.3) is 0 Å². The molecule has 0 bridgehead atoms. The molecule has 3 rings (SSSR count). The monoisotopic (exact) mass is 366 g/mol. The number of aliphatic hydroxyl groups excluding tert-OH is 1. The number of rotatable bonds is 4. The Morgan fingerprint density at radius 2 is 1.81 bits per heavy atom. The lowest BCUT2D eigenvalue weighted by atomic mass is 9.62. The summed E-state index contributed by atoms with van der Waals surface area (Å²) < 4.78 is 0. The van der Waals surface area contributed by atoms with Gasteiger partial charge in [-0.1, -0.05) is 75.0 Å². The number of benzene rings is 1. The van der Waals surface area contributed by atoms with E-state index in [2.05, 4.69) is 38.7 Å². The van der Waals surface area contributed by atoms with Crippen LogP contribution in [-0.4, -0.2) is 30.0 Å². The average molecular weight is 367 g/mol. The molecule has 0 aliphatic heterocycles. The standard InChI is InChI=1S/C23H30O2Si/c1-4-26(5-2,6-3)20(16-15-18-12-8-7-9-13-18)21-19-14-10-11-17-23(19,25)22(21)24/h7-9,12-14,22,24-25H,4-6,10-11,17H2,1-3H3/b21-20+/t22-,23+/m0/s1. The van der Waals surface area contributed by atoms with Crippen LogP contribution in [0.4, 0.5) is 0 Å². The van der Waals surface area contributed by atoms with Crippen molar-refractivity contribution in [2.45, 2.75) is 69.9 Å². The molecule has 0 radical (unpaired) electrons. The molecule has 0 spiro atoms. The second-order valence-corrected chi connectivity index (χ2v) is 12.8. The molecule has 0 aromatic heterocycles. The Hall–Kier alpha value is -1.60. The zero-order valence-corrected chi connectivity index (χ0v) is 17.2. The molecule has 2 aliphatic rings. The Morgan fingerprint density at radius 1 is 1.15 bits per heavy atom. The Morgan fingerprint density at radius 3 is 2.42 bits per heavy atom. The van der Waals surface area contributed by atoms with Gasteiger partial charge in [-0.3, -0.25) is 0 Å². The molecular formula is C23H30O2Si. The van der Waals surface area contributed by atoms with E-state index in [0.29, 0.717) is 6.42 Å². The van der Waals surface area contributed by atoms with E-state index in [1.807, 2.05) is 30.3 Å². The van der Waals surface area contributed by atoms with Crippen molar-refractivity contribution in [3.05, 3.63) is 58.3 Å². The van der Waals surface area contributed by atoms with E-state index >= 15 is 0 Å². The van der Waals surface area contributed by atoms with Crippen LogP contribution in [0.25, 0.3) is 0 Å². The summed E-state index contributed by atoms with van der Waals surface area (Å²) in [4.78, 5) is 0. The molecule has 2 atom stereocenters. The fourth-order valence-corrected chi connectivity index (χ4v) is 8.29. The van der Waals surface area contributed by atoms with E-state index in [1.54, 1.807) is 0 Å². The smallest absolute Gasteiger partial charge is 0.120 e. The van der Waals surface area contributed by atoms with Crippen molar-refractivity contribution in [2.24, 2.45) is 0 Å². The molecule has 3 heteroatoms. The third-order valence-corrected chi connectivity index (χ3v) is 12.0. The summed E-state index contributed by atoms with van der Waals surface area (Å²) in [6, 6.07) is 13.4. The van der Waals surface area contributed by atoms with Gasteiger partial charge in [-0.05, 0) is 47.7 Å². The molecule has 2 N–H and O–H groups in total. The molecule has 138 valence electrons. The predicted molar refractivity (Wildman–Crippen MR) is 110 cm³/mol. The quantitative estimate of drug-likeness (QED) is 0.604. The normalized spacial score (nSPS) is 26.8. The second-order valence-electron chi connectivity index (χ2n) is 7.58. The van der Waals surface area contributed by atoms with Crippen molar-refractivity contribution in [3.8, 4) is 11.8 Å². The highest BCUT2D eigenvalue weighted by Gasteiger charge is 2.56. The van der Waals surface area contributed by atoms with E-state index in [0.717, 1.165) is 47.7 Å². The van der Waals surface area contributed by atoms with Gasteiger partial charge in [-0.15, -0.1) is 0 Å². The third-order valence-electron chi connectivity index (χ3n) is 6.53. The minimum absolute atomic E-state index is 0.655. The second kappa shape index (κ2) is 7.56. The largest absolute Gasteiger partial charge is 0.385 e. The van der Waals surface area contributed by atoms with Crippen molar-refractivity contribution in [3.63, 3.8) is 0 Å². The number of aliphatic hydroxyl groups is 2. The van der Waals surface area contributed by atoms with E-state index < -0.39 is 19.8 Å². The summed E-state index contributed by atoms with van der Waals surface area (Å²) in [5.74, 6) is 6.83. The molecule has 1 fully saturated rings. The molecule has 0 saturated heterocycles. The molecule has 0 unspecified atom stereocenters. The zero-order chi connectivity index (χ0) is 18.8. The summed E-state index contributed by atoms with van der Waals surface area (Å²) in [6.45, 7) is 6.78. The van der Waals surface area contributed by atoms with Gasteiger partial charge in [0.2, 0.25) is 0 Å². The van der Waals surface area contributed by atoms with Gasteiger partial charge in [0.1, 0.15) is 11.7 Å². The number of hydrogen-bond acceptors (Lipinski definition) is 2. The van der Waals surface area contributed by atoms with Crippen molar-refractivity contribution >= 4 is 8.07 Å². The molecule has 1 aromatic carbocycles. The lowest BCUT2D eigenvalue weighted by Gasteiger charge is -2.51. The number of allylic oxidation sites excluding steroid dienone is 2. The Balaban J connectivity index is 2.16. The van der Waals surface area contributed by atoms with Crippen LogP contribution >= 0.6 is 0 Å². The van der Waals surface area contributed by atoms with Crippen LogP contribution in [-0.2, 0) is 0 Å². The Kier molecular flexibility index (Phi) is 5.57. The Bertz CT molecular complexity index is 769. The van der Waals surface area contributed by atoms with Crippen molar-refractivity contribution < 1.29 is 10.2 Å². The van der Waals surface area contributed by atoms with Crippen molar-refractivity contribution in [2.75, 3.05) is 0 Å². The lowest BCUT2D eigenvalue weighted by molar-refractivity contribution is -0.0701. The molecule has 1 aromatic rings. The third kappa shape index (κ3) is 3.01. The van der Waals surface area contributed by atoms with Crippen LogP contribution in [0.2, 0.25) is 18.1 Å². The SMILES string of the molecule is CC[Si](CC)(CC)/C(C#Cc1ccccc1)=C1\C2=CCCC[C@]2(O)[C@H]1O. The summed E-state index contributed by atoms with van der Waals surface area (Å²) in [7, 11) is -1.79. The van der Waals surface area contributed by atoms with Crippen LogP contribution in [0, 0.1) is 11.8 Å². The van der Waals surface area contributed by atoms with E-state index in [4.69, 9.17) is 0 Å². The molecule has 26 heavy (non-hydrogen) atoms. The fourth-order valence-electron chi connectivity index (χ4n) is 4.56. The maximum atomic E-state index is 10.9. The number of fused-ring (bicyclic) bond motifs is 1. The van der Waals surface area contributed by atoms with E-state index in [-0.39, 0.29) is 0 Å². The van der Waals surface area contributed by atoms with Crippen LogP contribution in [0.3, 0.4) is 0 Å². The lowest BCUT2D eigenvalue weighted by Crippen LogP contribution is -2.58. The van der Waals surface area contributed by atoms with Gasteiger partial charge in [0, 0.05) is 5.56 Å². The van der Waals surface area contributed by atoms with Crippen LogP contribution in [0.5, 0.6) is 0 Å². The molecule has 2 nitrogen and oxygen atoms in total. The molecule has 0 heterocycles. The van der Waals surface area contributed by atoms with E-state index in [1.165, 1.54) is 5.20 Å². The predicted octanol–water partition coefficient (Wildman–Crippen LogP) is 4.60. The van der Waals surface area contributed by atoms with Gasteiger partial charge < -0.3 is 10.2 Å².